The van der Waals surface area contributed by atoms with Gasteiger partial charge in [0.2, 0.25) is 0 Å². The molecule has 0 aliphatic heterocycles. The molecule has 1 aromatic carbocycles. The monoisotopic (exact) mass is 246 g/mol. The second-order valence-corrected chi connectivity index (χ2v) is 6.51. The minimum Gasteiger partial charge on any atom is -0.0936 e. The molecule has 0 aliphatic carbocycles. The molecule has 0 nitrogen and oxygen atoms in total. The third-order valence-electron chi connectivity index (χ3n) is 1.60. The summed E-state index contributed by atoms with van der Waals surface area (Å²) in [5.41, 5.74) is 1.30. The predicted octanol–water partition coefficient (Wildman–Crippen LogP) is 4.88. The Labute approximate surface area is 99.2 Å². The van der Waals surface area contributed by atoms with Crippen molar-refractivity contribution in [2.45, 2.75) is 19.6 Å². The molecule has 14 heavy (non-hydrogen) atoms. The van der Waals surface area contributed by atoms with E-state index in [9.17, 15) is 0 Å². The molecule has 0 spiro atoms. The minimum absolute atomic E-state index is 0.770. The van der Waals surface area contributed by atoms with Crippen LogP contribution in [0.5, 0.6) is 0 Å². The highest BCUT2D eigenvalue weighted by Crippen LogP contribution is 2.28. The second kappa shape index (κ2) is 6.65. The van der Waals surface area contributed by atoms with Crippen LogP contribution in [0.25, 0.3) is 0 Å². The van der Waals surface area contributed by atoms with Crippen LogP contribution in [0, 0.1) is 5.92 Å². The highest BCUT2D eigenvalue weighted by Gasteiger charge is 1.97. The van der Waals surface area contributed by atoms with Crippen LogP contribution in [0.3, 0.4) is 0 Å². The summed E-state index contributed by atoms with van der Waals surface area (Å²) in [5.74, 6) is 3.02. The molecule has 0 saturated heterocycles. The van der Waals surface area contributed by atoms with Crippen LogP contribution < -0.4 is 0 Å². The highest BCUT2D eigenvalue weighted by molar-refractivity contribution is 8.76. The summed E-state index contributed by atoms with van der Waals surface area (Å²) in [5, 5.41) is 0.831. The van der Waals surface area contributed by atoms with Gasteiger partial charge in [-0.1, -0.05) is 59.2 Å². The second-order valence-electron chi connectivity index (χ2n) is 3.57. The smallest absolute Gasteiger partial charge is 0.0409 e. The van der Waals surface area contributed by atoms with Gasteiger partial charge in [0.25, 0.3) is 0 Å². The Morgan fingerprint density at radius 2 is 2.07 bits per heavy atom. The summed E-state index contributed by atoms with van der Waals surface area (Å²) in [6.07, 6.45) is 0. The first kappa shape index (κ1) is 12.3. The molecule has 0 aromatic heterocycles. The van der Waals surface area contributed by atoms with Crippen molar-refractivity contribution >= 4 is 33.2 Å². The average Bonchev–Trinajstić information content (AvgIpc) is 2.12. The van der Waals surface area contributed by atoms with Gasteiger partial charge in [-0.3, -0.25) is 0 Å². The minimum atomic E-state index is 0.770. The lowest BCUT2D eigenvalue weighted by Crippen LogP contribution is -1.88. The van der Waals surface area contributed by atoms with E-state index in [1.165, 1.54) is 11.3 Å². The first-order chi connectivity index (χ1) is 6.68. The Kier molecular flexibility index (Phi) is 5.83. The molecule has 0 fully saturated rings. The number of hydrogen-bond acceptors (Lipinski definition) is 2. The number of benzene rings is 1. The first-order valence-electron chi connectivity index (χ1n) is 4.67. The molecule has 0 amide bonds. The number of halogens is 1. The van der Waals surface area contributed by atoms with Gasteiger partial charge < -0.3 is 0 Å². The van der Waals surface area contributed by atoms with Crippen LogP contribution in [0.2, 0.25) is 5.02 Å². The quantitative estimate of drug-likeness (QED) is 0.537. The van der Waals surface area contributed by atoms with Crippen molar-refractivity contribution in [1.82, 2.24) is 0 Å². The SMILES string of the molecule is CC(C)CSSCc1cccc(Cl)c1. The van der Waals surface area contributed by atoms with Gasteiger partial charge in [0, 0.05) is 16.5 Å². The largest absolute Gasteiger partial charge is 0.0936 e. The molecule has 1 rings (SSSR count). The zero-order valence-corrected chi connectivity index (χ0v) is 10.9. The summed E-state index contributed by atoms with van der Waals surface area (Å²) in [6, 6.07) is 8.07. The van der Waals surface area contributed by atoms with Crippen LogP contribution in [0.1, 0.15) is 19.4 Å². The molecule has 0 aliphatic rings. The third-order valence-corrected chi connectivity index (χ3v) is 4.52. The Hall–Kier alpha value is 0.210. The molecule has 1 aromatic rings. The van der Waals surface area contributed by atoms with Crippen molar-refractivity contribution in [3.63, 3.8) is 0 Å². The van der Waals surface area contributed by atoms with E-state index in [1.807, 2.05) is 39.8 Å². The van der Waals surface area contributed by atoms with E-state index in [2.05, 4.69) is 19.9 Å². The summed E-state index contributed by atoms with van der Waals surface area (Å²) in [7, 11) is 3.84. The molecule has 0 atom stereocenters. The molecule has 0 N–H and O–H groups in total. The lowest BCUT2D eigenvalue weighted by Gasteiger charge is -2.04. The van der Waals surface area contributed by atoms with Gasteiger partial charge in [0.1, 0.15) is 0 Å². The highest BCUT2D eigenvalue weighted by atomic mass is 35.5. The molecular formula is C11H15ClS2. The summed E-state index contributed by atoms with van der Waals surface area (Å²) in [4.78, 5) is 0. The van der Waals surface area contributed by atoms with E-state index in [4.69, 9.17) is 11.6 Å². The lowest BCUT2D eigenvalue weighted by molar-refractivity contribution is 0.752. The van der Waals surface area contributed by atoms with Gasteiger partial charge >= 0.3 is 0 Å². The Bertz CT molecular complexity index is 274. The Morgan fingerprint density at radius 3 is 2.71 bits per heavy atom. The zero-order valence-electron chi connectivity index (χ0n) is 8.50. The summed E-state index contributed by atoms with van der Waals surface area (Å²) < 4.78 is 0. The van der Waals surface area contributed by atoms with Gasteiger partial charge in [-0.05, 0) is 23.6 Å². The molecular weight excluding hydrogens is 232 g/mol. The first-order valence-corrected chi connectivity index (χ1v) is 7.54. The topological polar surface area (TPSA) is 0 Å². The van der Waals surface area contributed by atoms with Crippen LogP contribution in [-0.4, -0.2) is 5.75 Å². The normalized spacial score (nSPS) is 10.9. The lowest BCUT2D eigenvalue weighted by atomic mass is 10.2. The van der Waals surface area contributed by atoms with E-state index < -0.39 is 0 Å². The average molecular weight is 247 g/mol. The van der Waals surface area contributed by atoms with Gasteiger partial charge in [-0.15, -0.1) is 0 Å². The van der Waals surface area contributed by atoms with Crippen LogP contribution >= 0.6 is 33.2 Å². The van der Waals surface area contributed by atoms with Crippen LogP contribution in [-0.2, 0) is 5.75 Å². The van der Waals surface area contributed by atoms with Crippen molar-refractivity contribution in [3.8, 4) is 0 Å². The van der Waals surface area contributed by atoms with E-state index in [0.29, 0.717) is 0 Å². The Balaban J connectivity index is 2.25. The number of hydrogen-bond donors (Lipinski definition) is 0. The van der Waals surface area contributed by atoms with Crippen LogP contribution in [0.4, 0.5) is 0 Å². The Morgan fingerprint density at radius 1 is 1.29 bits per heavy atom. The van der Waals surface area contributed by atoms with Crippen molar-refractivity contribution in [3.05, 3.63) is 34.9 Å². The third kappa shape index (κ3) is 5.18. The number of rotatable bonds is 5. The predicted molar refractivity (Wildman–Crippen MR) is 70.0 cm³/mol. The maximum atomic E-state index is 5.89. The molecule has 0 unspecified atom stereocenters. The zero-order chi connectivity index (χ0) is 10.4. The van der Waals surface area contributed by atoms with Crippen LogP contribution in [0.15, 0.2) is 24.3 Å². The maximum absolute atomic E-state index is 5.89. The fourth-order valence-corrected chi connectivity index (χ4v) is 3.66. The fourth-order valence-electron chi connectivity index (χ4n) is 0.921. The van der Waals surface area contributed by atoms with Crippen molar-refractivity contribution in [2.75, 3.05) is 5.75 Å². The molecule has 3 heteroatoms. The molecule has 0 bridgehead atoms. The summed E-state index contributed by atoms with van der Waals surface area (Å²) in [6.45, 7) is 4.49. The van der Waals surface area contributed by atoms with E-state index in [1.54, 1.807) is 0 Å². The van der Waals surface area contributed by atoms with Gasteiger partial charge in [-0.25, -0.2) is 0 Å². The standard InChI is InChI=1S/C11H15ClS2/c1-9(2)7-13-14-8-10-4-3-5-11(12)6-10/h3-6,9H,7-8H2,1-2H3. The molecule has 0 radical (unpaired) electrons. The molecule has 78 valence electrons. The molecule has 0 saturated carbocycles. The maximum Gasteiger partial charge on any atom is 0.0409 e. The summed E-state index contributed by atoms with van der Waals surface area (Å²) >= 11 is 5.89. The van der Waals surface area contributed by atoms with Crippen molar-refractivity contribution in [2.24, 2.45) is 5.92 Å². The fraction of sp³-hybridized carbons (Fsp3) is 0.455. The van der Waals surface area contributed by atoms with Gasteiger partial charge in [0.05, 0.1) is 0 Å². The van der Waals surface area contributed by atoms with Crippen molar-refractivity contribution < 1.29 is 0 Å². The van der Waals surface area contributed by atoms with Gasteiger partial charge in [-0.2, -0.15) is 0 Å². The van der Waals surface area contributed by atoms with E-state index in [0.717, 1.165) is 16.7 Å². The van der Waals surface area contributed by atoms with Crippen molar-refractivity contribution in [1.29, 1.82) is 0 Å². The molecule has 0 heterocycles. The van der Waals surface area contributed by atoms with Gasteiger partial charge in [0.15, 0.2) is 0 Å². The van der Waals surface area contributed by atoms with E-state index >= 15 is 0 Å². The van der Waals surface area contributed by atoms with E-state index in [-0.39, 0.29) is 0 Å².